The van der Waals surface area contributed by atoms with E-state index in [0.29, 0.717) is 26.2 Å². The first-order chi connectivity index (χ1) is 6.56. The average Bonchev–Trinajstić information content (AvgIpc) is 2.17. The third-order valence-corrected chi connectivity index (χ3v) is 2.20. The molecule has 0 aromatic rings. The van der Waals surface area contributed by atoms with Crippen molar-refractivity contribution in [2.24, 2.45) is 5.41 Å². The summed E-state index contributed by atoms with van der Waals surface area (Å²) in [5, 5.41) is 8.81. The minimum absolute atomic E-state index is 0.115. The molecule has 1 unspecified atom stereocenters. The van der Waals surface area contributed by atoms with Gasteiger partial charge in [0.2, 0.25) is 0 Å². The molecule has 0 aliphatic rings. The van der Waals surface area contributed by atoms with Gasteiger partial charge in [-0.25, -0.2) is 0 Å². The van der Waals surface area contributed by atoms with Crippen molar-refractivity contribution >= 4 is 5.78 Å². The number of nitrogens with zero attached hydrogens (tertiary/aromatic N) is 1. The first-order valence-electron chi connectivity index (χ1n) is 4.56. The Morgan fingerprint density at radius 1 is 1.43 bits per heavy atom. The van der Waals surface area contributed by atoms with Crippen LogP contribution in [0.4, 0.5) is 0 Å². The molecule has 0 N–H and O–H groups in total. The maximum Gasteiger partial charge on any atom is 0.149 e. The summed E-state index contributed by atoms with van der Waals surface area (Å²) in [6.45, 7) is 4.50. The SMILES string of the molecule is COCCOCCC(C)(C#N)C(C)=O. The number of nitriles is 1. The predicted molar refractivity (Wildman–Crippen MR) is 51.7 cm³/mol. The predicted octanol–water partition coefficient (Wildman–Crippen LogP) is 1.16. The van der Waals surface area contributed by atoms with Crippen LogP contribution in [0.3, 0.4) is 0 Å². The van der Waals surface area contributed by atoms with Crippen molar-refractivity contribution in [1.82, 2.24) is 0 Å². The maximum atomic E-state index is 11.1. The van der Waals surface area contributed by atoms with Crippen molar-refractivity contribution in [3.05, 3.63) is 0 Å². The van der Waals surface area contributed by atoms with Crippen molar-refractivity contribution in [3.8, 4) is 6.07 Å². The van der Waals surface area contributed by atoms with Gasteiger partial charge in [-0.05, 0) is 20.3 Å². The molecule has 0 heterocycles. The molecule has 0 aliphatic heterocycles. The molecule has 0 bridgehead atoms. The molecule has 0 aliphatic carbocycles. The van der Waals surface area contributed by atoms with Gasteiger partial charge in [0.15, 0.2) is 0 Å². The second kappa shape index (κ2) is 6.52. The fourth-order valence-electron chi connectivity index (χ4n) is 0.831. The Morgan fingerprint density at radius 2 is 2.07 bits per heavy atom. The Labute approximate surface area is 84.8 Å². The largest absolute Gasteiger partial charge is 0.382 e. The van der Waals surface area contributed by atoms with E-state index in [4.69, 9.17) is 14.7 Å². The van der Waals surface area contributed by atoms with Crippen LogP contribution >= 0.6 is 0 Å². The van der Waals surface area contributed by atoms with Crippen LogP contribution in [0.25, 0.3) is 0 Å². The molecule has 0 fully saturated rings. The van der Waals surface area contributed by atoms with Crippen molar-refractivity contribution in [2.45, 2.75) is 20.3 Å². The van der Waals surface area contributed by atoms with Gasteiger partial charge >= 0.3 is 0 Å². The van der Waals surface area contributed by atoms with E-state index in [1.54, 1.807) is 14.0 Å². The zero-order valence-electron chi connectivity index (χ0n) is 9.00. The van der Waals surface area contributed by atoms with Gasteiger partial charge in [0.25, 0.3) is 0 Å². The molecule has 4 heteroatoms. The topological polar surface area (TPSA) is 59.3 Å². The first-order valence-corrected chi connectivity index (χ1v) is 4.56. The molecular formula is C10H17NO3. The highest BCUT2D eigenvalue weighted by Gasteiger charge is 2.29. The van der Waals surface area contributed by atoms with Crippen molar-refractivity contribution < 1.29 is 14.3 Å². The molecule has 80 valence electrons. The summed E-state index contributed by atoms with van der Waals surface area (Å²) in [5.74, 6) is -0.115. The minimum atomic E-state index is -0.910. The zero-order chi connectivity index (χ0) is 11.0. The normalized spacial score (nSPS) is 14.4. The Kier molecular flexibility index (Phi) is 6.09. The Bertz CT molecular complexity index is 222. The lowest BCUT2D eigenvalue weighted by molar-refractivity contribution is -0.124. The van der Waals surface area contributed by atoms with E-state index in [0.717, 1.165) is 0 Å². The highest BCUT2D eigenvalue weighted by Crippen LogP contribution is 2.21. The zero-order valence-corrected chi connectivity index (χ0v) is 9.00. The summed E-state index contributed by atoms with van der Waals surface area (Å²) in [6, 6.07) is 2.01. The fraction of sp³-hybridized carbons (Fsp3) is 0.800. The lowest BCUT2D eigenvalue weighted by Gasteiger charge is -2.17. The molecule has 0 radical (unpaired) electrons. The van der Waals surface area contributed by atoms with Crippen molar-refractivity contribution in [1.29, 1.82) is 5.26 Å². The number of hydrogen-bond donors (Lipinski definition) is 0. The van der Waals surface area contributed by atoms with E-state index in [1.165, 1.54) is 6.92 Å². The summed E-state index contributed by atoms with van der Waals surface area (Å²) in [4.78, 5) is 11.1. The van der Waals surface area contributed by atoms with Gasteiger partial charge in [-0.2, -0.15) is 5.26 Å². The van der Waals surface area contributed by atoms with Gasteiger partial charge in [-0.3, -0.25) is 4.79 Å². The monoisotopic (exact) mass is 199 g/mol. The van der Waals surface area contributed by atoms with Gasteiger partial charge < -0.3 is 9.47 Å². The summed E-state index contributed by atoms with van der Waals surface area (Å²) < 4.78 is 9.98. The Hall–Kier alpha value is -0.920. The minimum Gasteiger partial charge on any atom is -0.382 e. The fourth-order valence-corrected chi connectivity index (χ4v) is 0.831. The number of rotatable bonds is 7. The van der Waals surface area contributed by atoms with Crippen LogP contribution < -0.4 is 0 Å². The number of ether oxygens (including phenoxy) is 2. The second-order valence-electron chi connectivity index (χ2n) is 3.36. The standard InChI is InChI=1S/C10H17NO3/c1-9(12)10(2,8-11)4-5-14-7-6-13-3/h4-7H2,1-3H3. The van der Waals surface area contributed by atoms with Gasteiger partial charge in [-0.1, -0.05) is 0 Å². The number of hydrogen-bond acceptors (Lipinski definition) is 4. The molecule has 1 atom stereocenters. The van der Waals surface area contributed by atoms with Gasteiger partial charge in [0.1, 0.15) is 11.2 Å². The molecule has 0 saturated heterocycles. The van der Waals surface area contributed by atoms with E-state index in [1.807, 2.05) is 6.07 Å². The highest BCUT2D eigenvalue weighted by molar-refractivity contribution is 5.84. The van der Waals surface area contributed by atoms with Crippen molar-refractivity contribution in [2.75, 3.05) is 26.9 Å². The molecule has 0 aromatic carbocycles. The first kappa shape index (κ1) is 13.1. The lowest BCUT2D eigenvalue weighted by Crippen LogP contribution is -2.25. The van der Waals surface area contributed by atoms with Crippen LogP contribution in [0.15, 0.2) is 0 Å². The highest BCUT2D eigenvalue weighted by atomic mass is 16.5. The molecule has 0 aromatic heterocycles. The van der Waals surface area contributed by atoms with E-state index < -0.39 is 5.41 Å². The average molecular weight is 199 g/mol. The van der Waals surface area contributed by atoms with Crippen LogP contribution in [0.1, 0.15) is 20.3 Å². The van der Waals surface area contributed by atoms with Crippen LogP contribution in [0.2, 0.25) is 0 Å². The molecule has 0 amide bonds. The van der Waals surface area contributed by atoms with Crippen LogP contribution in [0, 0.1) is 16.7 Å². The number of Topliss-reactive ketones (excluding diaryl/α,β-unsaturated/α-hetero) is 1. The molecule has 4 nitrogen and oxygen atoms in total. The molecule has 0 spiro atoms. The molecule has 0 rings (SSSR count). The number of carbonyl (C=O) groups excluding carboxylic acids is 1. The van der Waals surface area contributed by atoms with Crippen LogP contribution in [0.5, 0.6) is 0 Å². The van der Waals surface area contributed by atoms with Gasteiger partial charge in [0.05, 0.1) is 19.3 Å². The second-order valence-corrected chi connectivity index (χ2v) is 3.36. The van der Waals surface area contributed by atoms with E-state index >= 15 is 0 Å². The summed E-state index contributed by atoms with van der Waals surface area (Å²) in [5.41, 5.74) is -0.910. The van der Waals surface area contributed by atoms with Gasteiger partial charge in [0, 0.05) is 13.7 Å². The molecule has 0 saturated carbocycles. The molecule has 14 heavy (non-hydrogen) atoms. The van der Waals surface area contributed by atoms with Crippen LogP contribution in [-0.2, 0) is 14.3 Å². The van der Waals surface area contributed by atoms with E-state index in [9.17, 15) is 4.79 Å². The van der Waals surface area contributed by atoms with Crippen LogP contribution in [-0.4, -0.2) is 32.7 Å². The Morgan fingerprint density at radius 3 is 2.50 bits per heavy atom. The third-order valence-electron chi connectivity index (χ3n) is 2.20. The van der Waals surface area contributed by atoms with E-state index in [2.05, 4.69) is 0 Å². The Balaban J connectivity index is 3.76. The lowest BCUT2D eigenvalue weighted by atomic mass is 9.85. The summed E-state index contributed by atoms with van der Waals surface area (Å²) in [7, 11) is 1.60. The summed E-state index contributed by atoms with van der Waals surface area (Å²) in [6.07, 6.45) is 0.433. The third kappa shape index (κ3) is 4.35. The quantitative estimate of drug-likeness (QED) is 0.577. The number of methoxy groups -OCH3 is 1. The maximum absolute atomic E-state index is 11.1. The van der Waals surface area contributed by atoms with E-state index in [-0.39, 0.29) is 5.78 Å². The smallest absolute Gasteiger partial charge is 0.149 e. The van der Waals surface area contributed by atoms with Gasteiger partial charge in [-0.15, -0.1) is 0 Å². The number of ketones is 1. The summed E-state index contributed by atoms with van der Waals surface area (Å²) >= 11 is 0. The molecular weight excluding hydrogens is 182 g/mol. The van der Waals surface area contributed by atoms with Crippen molar-refractivity contribution in [3.63, 3.8) is 0 Å². The number of carbonyl (C=O) groups is 1.